The van der Waals surface area contributed by atoms with Crippen LogP contribution in [0.1, 0.15) is 11.3 Å². The maximum atomic E-state index is 11.3. The number of anilines is 2. The Morgan fingerprint density at radius 3 is 2.41 bits per heavy atom. The molecule has 88 valence electrons. The van der Waals surface area contributed by atoms with E-state index in [1.165, 1.54) is 0 Å². The lowest BCUT2D eigenvalue weighted by atomic mass is 10.2. The van der Waals surface area contributed by atoms with Gasteiger partial charge in [-0.15, -0.1) is 0 Å². The highest BCUT2D eigenvalue weighted by atomic mass is 16.5. The van der Waals surface area contributed by atoms with Gasteiger partial charge >= 0.3 is 6.09 Å². The summed E-state index contributed by atoms with van der Waals surface area (Å²) < 4.78 is 5.07. The van der Waals surface area contributed by atoms with Crippen molar-refractivity contribution in [2.75, 3.05) is 4.90 Å². The Hall–Kier alpha value is -2.30. The van der Waals surface area contributed by atoms with Gasteiger partial charge in [0.05, 0.1) is 11.4 Å². The lowest BCUT2D eigenvalue weighted by Crippen LogP contribution is -2.23. The van der Waals surface area contributed by atoms with Gasteiger partial charge in [-0.3, -0.25) is 0 Å². The fourth-order valence-corrected chi connectivity index (χ4v) is 1.50. The second-order valence-corrected chi connectivity index (χ2v) is 3.65. The zero-order valence-electron chi connectivity index (χ0n) is 9.54. The molecule has 5 nitrogen and oxygen atoms in total. The third kappa shape index (κ3) is 1.99. The van der Waals surface area contributed by atoms with Gasteiger partial charge in [0.1, 0.15) is 0 Å². The summed E-state index contributed by atoms with van der Waals surface area (Å²) in [6.45, 7) is 3.55. The van der Waals surface area contributed by atoms with Gasteiger partial charge in [-0.2, -0.15) is 0 Å². The molecule has 17 heavy (non-hydrogen) atoms. The summed E-state index contributed by atoms with van der Waals surface area (Å²) in [5.74, 6) is 0.237. The zero-order chi connectivity index (χ0) is 12.4. The Morgan fingerprint density at radius 2 is 1.94 bits per heavy atom. The number of amides is 1. The van der Waals surface area contributed by atoms with Crippen molar-refractivity contribution in [2.45, 2.75) is 13.8 Å². The molecule has 0 saturated carbocycles. The maximum Gasteiger partial charge on any atom is 0.418 e. The number of benzene rings is 1. The molecule has 0 saturated heterocycles. The Bertz CT molecular complexity index is 534. The number of hydrogen-bond acceptors (Lipinski definition) is 3. The maximum absolute atomic E-state index is 11.3. The number of nitrogens with zero attached hydrogens (tertiary/aromatic N) is 2. The molecule has 2 aromatic rings. The van der Waals surface area contributed by atoms with Crippen LogP contribution < -0.4 is 4.90 Å². The summed E-state index contributed by atoms with van der Waals surface area (Å²) in [6.07, 6.45) is -1.10. The number of aryl methyl sites for hydroxylation is 1. The number of rotatable bonds is 2. The van der Waals surface area contributed by atoms with Gasteiger partial charge in [-0.1, -0.05) is 23.4 Å². The highest BCUT2D eigenvalue weighted by molar-refractivity contribution is 5.93. The third-order valence-corrected chi connectivity index (χ3v) is 2.54. The second-order valence-electron chi connectivity index (χ2n) is 3.65. The molecule has 0 unspecified atom stereocenters. The van der Waals surface area contributed by atoms with Crippen molar-refractivity contribution in [1.29, 1.82) is 0 Å². The first-order valence-corrected chi connectivity index (χ1v) is 5.12. The Labute approximate surface area is 98.3 Å². The van der Waals surface area contributed by atoms with Crippen LogP contribution in [0, 0.1) is 13.8 Å². The molecule has 0 spiro atoms. The highest BCUT2D eigenvalue weighted by Gasteiger charge is 2.23. The number of carboxylic acid groups (broad SMARTS) is 1. The van der Waals surface area contributed by atoms with E-state index in [0.717, 1.165) is 10.5 Å². The SMILES string of the molecule is Cc1noc(N(C(=O)O)c2ccccc2)c1C. The first-order valence-electron chi connectivity index (χ1n) is 5.12. The molecule has 0 aliphatic rings. The summed E-state index contributed by atoms with van der Waals surface area (Å²) >= 11 is 0. The molecule has 1 aromatic heterocycles. The molecule has 1 heterocycles. The van der Waals surface area contributed by atoms with Crippen LogP contribution in [-0.4, -0.2) is 16.4 Å². The van der Waals surface area contributed by atoms with Crippen molar-refractivity contribution < 1.29 is 14.4 Å². The van der Waals surface area contributed by atoms with E-state index in [-0.39, 0.29) is 5.88 Å². The monoisotopic (exact) mass is 232 g/mol. The first kappa shape index (κ1) is 11.2. The fourth-order valence-electron chi connectivity index (χ4n) is 1.50. The van der Waals surface area contributed by atoms with Crippen LogP contribution in [0.2, 0.25) is 0 Å². The van der Waals surface area contributed by atoms with Gasteiger partial charge in [0.2, 0.25) is 5.88 Å². The molecular weight excluding hydrogens is 220 g/mol. The van der Waals surface area contributed by atoms with Crippen molar-refractivity contribution in [2.24, 2.45) is 0 Å². The minimum Gasteiger partial charge on any atom is -0.464 e. The van der Waals surface area contributed by atoms with E-state index in [1.807, 2.05) is 6.07 Å². The second kappa shape index (κ2) is 4.29. The van der Waals surface area contributed by atoms with Crippen LogP contribution in [0.25, 0.3) is 0 Å². The van der Waals surface area contributed by atoms with E-state index in [1.54, 1.807) is 38.1 Å². The molecule has 0 fully saturated rings. The molecule has 0 aliphatic carbocycles. The van der Waals surface area contributed by atoms with Gasteiger partial charge < -0.3 is 9.63 Å². The summed E-state index contributed by atoms with van der Waals surface area (Å²) in [5, 5.41) is 13.0. The van der Waals surface area contributed by atoms with E-state index >= 15 is 0 Å². The number of carbonyl (C=O) groups is 1. The molecule has 0 bridgehead atoms. The highest BCUT2D eigenvalue weighted by Crippen LogP contribution is 2.29. The van der Waals surface area contributed by atoms with E-state index in [2.05, 4.69) is 5.16 Å². The normalized spacial score (nSPS) is 10.2. The predicted octanol–water partition coefficient (Wildman–Crippen LogP) is 3.11. The van der Waals surface area contributed by atoms with Crippen molar-refractivity contribution in [3.05, 3.63) is 41.6 Å². The quantitative estimate of drug-likeness (QED) is 0.863. The van der Waals surface area contributed by atoms with E-state index in [0.29, 0.717) is 11.4 Å². The molecule has 0 atom stereocenters. The lowest BCUT2D eigenvalue weighted by molar-refractivity contribution is 0.203. The van der Waals surface area contributed by atoms with Crippen molar-refractivity contribution in [3.8, 4) is 0 Å². The average Bonchev–Trinajstić information content (AvgIpc) is 2.63. The Morgan fingerprint density at radius 1 is 1.29 bits per heavy atom. The lowest BCUT2D eigenvalue weighted by Gasteiger charge is -2.16. The van der Waals surface area contributed by atoms with Gasteiger partial charge in [-0.05, 0) is 26.0 Å². The summed E-state index contributed by atoms with van der Waals surface area (Å²) in [4.78, 5) is 12.4. The van der Waals surface area contributed by atoms with Crippen LogP contribution >= 0.6 is 0 Å². The predicted molar refractivity (Wildman–Crippen MR) is 62.6 cm³/mol. The van der Waals surface area contributed by atoms with Crippen LogP contribution in [0.15, 0.2) is 34.9 Å². The zero-order valence-corrected chi connectivity index (χ0v) is 9.54. The van der Waals surface area contributed by atoms with Crippen LogP contribution in [0.3, 0.4) is 0 Å². The van der Waals surface area contributed by atoms with Crippen LogP contribution in [0.4, 0.5) is 16.4 Å². The van der Waals surface area contributed by atoms with Crippen molar-refractivity contribution in [1.82, 2.24) is 5.16 Å². The molecular formula is C12H12N2O3. The van der Waals surface area contributed by atoms with Crippen LogP contribution in [0.5, 0.6) is 0 Å². The summed E-state index contributed by atoms with van der Waals surface area (Å²) in [6, 6.07) is 8.76. The number of hydrogen-bond donors (Lipinski definition) is 1. The molecule has 1 amide bonds. The fraction of sp³-hybridized carbons (Fsp3) is 0.167. The van der Waals surface area contributed by atoms with Gasteiger partial charge in [0, 0.05) is 5.56 Å². The van der Waals surface area contributed by atoms with Crippen LogP contribution in [-0.2, 0) is 0 Å². The van der Waals surface area contributed by atoms with Crippen molar-refractivity contribution in [3.63, 3.8) is 0 Å². The van der Waals surface area contributed by atoms with Gasteiger partial charge in [0.15, 0.2) is 0 Å². The molecule has 2 rings (SSSR count). The molecule has 5 heteroatoms. The topological polar surface area (TPSA) is 66.6 Å². The Balaban J connectivity index is 2.51. The number of aromatic nitrogens is 1. The third-order valence-electron chi connectivity index (χ3n) is 2.54. The standard InChI is InChI=1S/C12H12N2O3/c1-8-9(2)13-17-11(8)14(12(15)16)10-6-4-3-5-7-10/h3-7H,1-2H3,(H,15,16). The van der Waals surface area contributed by atoms with E-state index < -0.39 is 6.09 Å². The smallest absolute Gasteiger partial charge is 0.418 e. The number of para-hydroxylation sites is 1. The minimum atomic E-state index is -1.10. The Kier molecular flexibility index (Phi) is 2.82. The van der Waals surface area contributed by atoms with Gasteiger partial charge in [0.25, 0.3) is 0 Å². The summed E-state index contributed by atoms with van der Waals surface area (Å²) in [7, 11) is 0. The molecule has 1 aromatic carbocycles. The first-order chi connectivity index (χ1) is 8.11. The minimum absolute atomic E-state index is 0.237. The average molecular weight is 232 g/mol. The van der Waals surface area contributed by atoms with E-state index in [9.17, 15) is 9.90 Å². The largest absolute Gasteiger partial charge is 0.464 e. The summed E-state index contributed by atoms with van der Waals surface area (Å²) in [5.41, 5.74) is 1.93. The van der Waals surface area contributed by atoms with E-state index in [4.69, 9.17) is 4.52 Å². The molecule has 1 N–H and O–H groups in total. The molecule has 0 aliphatic heterocycles. The van der Waals surface area contributed by atoms with Crippen molar-refractivity contribution >= 4 is 17.7 Å². The molecule has 0 radical (unpaired) electrons. The van der Waals surface area contributed by atoms with Gasteiger partial charge in [-0.25, -0.2) is 9.69 Å².